The molecule has 0 aromatic heterocycles. The Kier molecular flexibility index (Phi) is 10.3. The number of rotatable bonds is 10. The summed E-state index contributed by atoms with van der Waals surface area (Å²) in [6, 6.07) is 27.2. The van der Waals surface area contributed by atoms with Gasteiger partial charge in [-0.25, -0.2) is 0 Å². The molecule has 1 aliphatic heterocycles. The monoisotopic (exact) mass is 724 g/mol. The molecule has 0 amide bonds. The molecule has 4 aromatic carbocycles. The smallest absolute Gasteiger partial charge is 0.150 e. The van der Waals surface area contributed by atoms with Crippen molar-refractivity contribution in [1.82, 2.24) is 0 Å². The van der Waals surface area contributed by atoms with Crippen molar-refractivity contribution in [2.45, 2.75) is 135 Å². The Balaban J connectivity index is 1.02. The number of unbranched alkanes of at least 4 members (excludes halogenated alkanes) is 2. The van der Waals surface area contributed by atoms with Gasteiger partial charge < -0.3 is 4.74 Å². The second kappa shape index (κ2) is 15.2. The minimum atomic E-state index is -0.551. The van der Waals surface area contributed by atoms with Crippen LogP contribution in [0.3, 0.4) is 0 Å². The minimum Gasteiger partial charge on any atom is -0.478 e. The Labute approximate surface area is 332 Å². The highest BCUT2D eigenvalue weighted by Crippen LogP contribution is 2.53. The van der Waals surface area contributed by atoms with Gasteiger partial charge in [0.25, 0.3) is 0 Å². The van der Waals surface area contributed by atoms with Crippen LogP contribution in [0.25, 0.3) is 23.3 Å². The zero-order valence-corrected chi connectivity index (χ0v) is 34.3. The van der Waals surface area contributed by atoms with E-state index in [4.69, 9.17) is 4.74 Å². The third-order valence-corrected chi connectivity index (χ3v) is 13.5. The summed E-state index contributed by atoms with van der Waals surface area (Å²) in [6.07, 6.45) is 21.1. The summed E-state index contributed by atoms with van der Waals surface area (Å²) in [5.41, 5.74) is 16.1. The van der Waals surface area contributed by atoms with Crippen LogP contribution in [0.2, 0.25) is 0 Å². The van der Waals surface area contributed by atoms with Crippen molar-refractivity contribution in [3.63, 3.8) is 0 Å². The van der Waals surface area contributed by atoms with E-state index in [0.29, 0.717) is 0 Å². The number of hydrogen-bond donors (Lipinski definition) is 0. The largest absolute Gasteiger partial charge is 0.478 e. The highest BCUT2D eigenvalue weighted by atomic mass is 16.5. The molecule has 0 saturated heterocycles. The molecule has 1 heterocycles. The molecule has 4 aromatic rings. The molecule has 282 valence electrons. The van der Waals surface area contributed by atoms with Crippen molar-refractivity contribution >= 4 is 23.3 Å². The van der Waals surface area contributed by atoms with Gasteiger partial charge in [-0.05, 0) is 145 Å². The van der Waals surface area contributed by atoms with E-state index < -0.39 is 5.60 Å². The first kappa shape index (κ1) is 37.4. The zero-order valence-electron chi connectivity index (χ0n) is 34.3. The van der Waals surface area contributed by atoms with Crippen LogP contribution in [0.4, 0.5) is 0 Å². The van der Waals surface area contributed by atoms with Gasteiger partial charge >= 0.3 is 0 Å². The SMILES string of the molecule is C=C(Cc1ccc(C2CCC(CCCCC)CC2)cc1)c1ccc(C2=Cc3c4c(c5c(c3C(C)C#C2)OC(C)(c2ccc(C)cc2)C=C5)C(C)(C)CC4)cc1. The van der Waals surface area contributed by atoms with Crippen LogP contribution in [0, 0.1) is 24.7 Å². The molecule has 4 aliphatic rings. The first-order valence-corrected chi connectivity index (χ1v) is 21.3. The van der Waals surface area contributed by atoms with Crippen LogP contribution in [0.5, 0.6) is 5.75 Å². The molecule has 55 heavy (non-hydrogen) atoms. The molecular formula is C54H60O. The Morgan fingerprint density at radius 2 is 1.60 bits per heavy atom. The lowest BCUT2D eigenvalue weighted by Gasteiger charge is -2.37. The quantitative estimate of drug-likeness (QED) is 0.117. The minimum absolute atomic E-state index is 0.0382. The summed E-state index contributed by atoms with van der Waals surface area (Å²) in [6.45, 7) is 18.2. The number of allylic oxidation sites excluding steroid dienone is 2. The van der Waals surface area contributed by atoms with Gasteiger partial charge in [-0.1, -0.05) is 149 Å². The van der Waals surface area contributed by atoms with E-state index in [1.165, 1.54) is 107 Å². The standard InChI is InChI=1S/C54H60O/c1-8-9-10-11-39-15-20-42(21-16-39)43-22-17-40(18-23-43)34-38(4)41-24-26-44(27-25-41)45-19-14-37(3)50-49(35-45)47-30-32-53(5,6)51(47)48-31-33-54(7,55-52(48)50)46-28-12-36(2)13-29-46/h12-13,17-18,22-29,31,33,35,37,39,42H,4,8-11,15-16,20-21,30,32,34H2,1-3,5-7H3. The number of fused-ring (bicyclic) bond motifs is 6. The Hall–Kier alpha value is -4.54. The third-order valence-electron chi connectivity index (χ3n) is 13.5. The number of benzene rings is 4. The van der Waals surface area contributed by atoms with Gasteiger partial charge in [0, 0.05) is 22.6 Å². The molecule has 0 N–H and O–H groups in total. The van der Waals surface area contributed by atoms with E-state index in [1.54, 1.807) is 0 Å². The number of aryl methyl sites for hydroxylation is 1. The van der Waals surface area contributed by atoms with E-state index in [2.05, 4.69) is 151 Å². The van der Waals surface area contributed by atoms with E-state index in [-0.39, 0.29) is 11.3 Å². The van der Waals surface area contributed by atoms with Gasteiger partial charge in [0.05, 0.1) is 0 Å². The second-order valence-electron chi connectivity index (χ2n) is 18.1. The zero-order chi connectivity index (χ0) is 38.3. The topological polar surface area (TPSA) is 9.23 Å². The first-order chi connectivity index (χ1) is 26.5. The highest BCUT2D eigenvalue weighted by Gasteiger charge is 2.41. The predicted molar refractivity (Wildman–Crippen MR) is 235 cm³/mol. The normalized spacial score (nSPS) is 23.3. The van der Waals surface area contributed by atoms with Crippen molar-refractivity contribution in [3.8, 4) is 17.6 Å². The Morgan fingerprint density at radius 3 is 2.31 bits per heavy atom. The van der Waals surface area contributed by atoms with Gasteiger partial charge in [0.15, 0.2) is 0 Å². The summed E-state index contributed by atoms with van der Waals surface area (Å²) in [7, 11) is 0. The third kappa shape index (κ3) is 7.43. The van der Waals surface area contributed by atoms with Gasteiger partial charge in [-0.2, -0.15) is 0 Å². The summed E-state index contributed by atoms with van der Waals surface area (Å²) in [5, 5.41) is 0. The predicted octanol–water partition coefficient (Wildman–Crippen LogP) is 14.3. The molecule has 2 atom stereocenters. The molecule has 0 radical (unpaired) electrons. The molecule has 1 saturated carbocycles. The average Bonchev–Trinajstić information content (AvgIpc) is 3.40. The fourth-order valence-corrected chi connectivity index (χ4v) is 10.0. The summed E-state index contributed by atoms with van der Waals surface area (Å²) in [4.78, 5) is 0. The van der Waals surface area contributed by atoms with Gasteiger partial charge in [0.1, 0.15) is 11.4 Å². The molecule has 8 rings (SSSR count). The van der Waals surface area contributed by atoms with Gasteiger partial charge in [-0.15, -0.1) is 0 Å². The molecule has 1 heteroatoms. The van der Waals surface area contributed by atoms with Crippen LogP contribution in [-0.4, -0.2) is 0 Å². The van der Waals surface area contributed by atoms with Crippen LogP contribution >= 0.6 is 0 Å². The molecular weight excluding hydrogens is 665 g/mol. The second-order valence-corrected chi connectivity index (χ2v) is 18.1. The summed E-state index contributed by atoms with van der Waals surface area (Å²) >= 11 is 0. The van der Waals surface area contributed by atoms with Gasteiger partial charge in [-0.3, -0.25) is 0 Å². The molecule has 2 unspecified atom stereocenters. The van der Waals surface area contributed by atoms with Crippen molar-refractivity contribution in [1.29, 1.82) is 0 Å². The van der Waals surface area contributed by atoms with E-state index in [0.717, 1.165) is 53.6 Å². The average molecular weight is 725 g/mol. The van der Waals surface area contributed by atoms with Crippen LogP contribution in [0.1, 0.15) is 165 Å². The Bertz CT molecular complexity index is 2190. The number of ether oxygens (including phenoxy) is 1. The number of hydrogen-bond acceptors (Lipinski definition) is 1. The van der Waals surface area contributed by atoms with Gasteiger partial charge in [0.2, 0.25) is 0 Å². The van der Waals surface area contributed by atoms with Crippen molar-refractivity contribution in [2.24, 2.45) is 5.92 Å². The molecule has 0 spiro atoms. The van der Waals surface area contributed by atoms with Crippen LogP contribution in [0.15, 0.2) is 85.5 Å². The van der Waals surface area contributed by atoms with Crippen LogP contribution in [-0.2, 0) is 23.9 Å². The lowest BCUT2D eigenvalue weighted by atomic mass is 9.77. The van der Waals surface area contributed by atoms with Crippen molar-refractivity contribution in [2.75, 3.05) is 0 Å². The van der Waals surface area contributed by atoms with Crippen LogP contribution < -0.4 is 4.74 Å². The maximum absolute atomic E-state index is 7.18. The lowest BCUT2D eigenvalue weighted by molar-refractivity contribution is 0.136. The first-order valence-electron chi connectivity index (χ1n) is 21.3. The summed E-state index contributed by atoms with van der Waals surface area (Å²) < 4.78 is 7.18. The molecule has 1 nitrogen and oxygen atoms in total. The van der Waals surface area contributed by atoms with E-state index in [1.807, 2.05) is 0 Å². The molecule has 0 bridgehead atoms. The summed E-state index contributed by atoms with van der Waals surface area (Å²) in [5.74, 6) is 10.0. The van der Waals surface area contributed by atoms with Crippen molar-refractivity contribution in [3.05, 3.63) is 147 Å². The van der Waals surface area contributed by atoms with E-state index in [9.17, 15) is 0 Å². The fraction of sp³-hybridized carbons (Fsp3) is 0.407. The lowest BCUT2D eigenvalue weighted by Crippen LogP contribution is -2.31. The highest BCUT2D eigenvalue weighted by molar-refractivity contribution is 5.95. The maximum Gasteiger partial charge on any atom is 0.150 e. The van der Waals surface area contributed by atoms with E-state index >= 15 is 0 Å². The Morgan fingerprint density at radius 1 is 0.873 bits per heavy atom. The maximum atomic E-state index is 7.18. The fourth-order valence-electron chi connectivity index (χ4n) is 10.0. The molecule has 3 aliphatic carbocycles. The molecule has 1 fully saturated rings. The van der Waals surface area contributed by atoms with Crippen molar-refractivity contribution < 1.29 is 4.74 Å².